The number of hydrogen-bond donors (Lipinski definition) is 0. The number of aromatic nitrogens is 4. The zero-order valence-electron chi connectivity index (χ0n) is 15.3. The molecule has 138 valence electrons. The molecule has 0 unspecified atom stereocenters. The molecular formula is C20H20FN5O. The van der Waals surface area contributed by atoms with Crippen molar-refractivity contribution in [3.05, 3.63) is 53.0 Å². The standard InChI is InChI=1S/C20H20FN5O/c1-11-9-16(15-6-5-14(21)10-17(15)22-11)20(27)25-7-8-26-19(12(25)2)23-18(24-26)13-3-4-13/h5-6,9-10,12-13H,3-4,7-8H2,1-2H3/t12-/m1/s1. The second kappa shape index (κ2) is 5.84. The molecule has 0 saturated heterocycles. The van der Waals surface area contributed by atoms with Crippen LogP contribution in [0.2, 0.25) is 0 Å². The van der Waals surface area contributed by atoms with Gasteiger partial charge in [0.25, 0.3) is 5.91 Å². The highest BCUT2D eigenvalue weighted by Gasteiger charge is 2.35. The second-order valence-electron chi connectivity index (χ2n) is 7.47. The number of fused-ring (bicyclic) bond motifs is 2. The van der Waals surface area contributed by atoms with Gasteiger partial charge in [0.2, 0.25) is 0 Å². The van der Waals surface area contributed by atoms with Crippen molar-refractivity contribution in [3.8, 4) is 0 Å². The first kappa shape index (κ1) is 16.4. The summed E-state index contributed by atoms with van der Waals surface area (Å²) in [5.41, 5.74) is 1.75. The number of amides is 1. The highest BCUT2D eigenvalue weighted by atomic mass is 19.1. The van der Waals surface area contributed by atoms with Crippen molar-refractivity contribution in [2.75, 3.05) is 6.54 Å². The number of pyridine rings is 1. The van der Waals surface area contributed by atoms with Crippen molar-refractivity contribution in [2.45, 2.75) is 45.2 Å². The minimum absolute atomic E-state index is 0.0770. The number of hydrogen-bond acceptors (Lipinski definition) is 4. The molecule has 3 heterocycles. The molecule has 6 nitrogen and oxygen atoms in total. The Balaban J connectivity index is 1.53. The molecular weight excluding hydrogens is 345 g/mol. The minimum Gasteiger partial charge on any atom is -0.327 e. The Morgan fingerprint density at radius 3 is 2.78 bits per heavy atom. The number of halogens is 1. The Labute approximate surface area is 156 Å². The molecule has 1 atom stereocenters. The number of benzene rings is 1. The summed E-state index contributed by atoms with van der Waals surface area (Å²) >= 11 is 0. The van der Waals surface area contributed by atoms with Gasteiger partial charge < -0.3 is 4.90 Å². The molecule has 27 heavy (non-hydrogen) atoms. The number of rotatable bonds is 2. The Bertz CT molecular complexity index is 1070. The average Bonchev–Trinajstić information content (AvgIpc) is 3.39. The van der Waals surface area contributed by atoms with Gasteiger partial charge in [-0.1, -0.05) is 0 Å². The van der Waals surface area contributed by atoms with E-state index in [0.29, 0.717) is 41.2 Å². The summed E-state index contributed by atoms with van der Waals surface area (Å²) < 4.78 is 15.5. The van der Waals surface area contributed by atoms with Crippen LogP contribution in [0, 0.1) is 12.7 Å². The molecule has 0 radical (unpaired) electrons. The lowest BCUT2D eigenvalue weighted by atomic mass is 10.0. The van der Waals surface area contributed by atoms with E-state index in [0.717, 1.165) is 24.5 Å². The maximum atomic E-state index is 13.6. The first-order valence-corrected chi connectivity index (χ1v) is 9.34. The summed E-state index contributed by atoms with van der Waals surface area (Å²) in [6.07, 6.45) is 2.30. The van der Waals surface area contributed by atoms with Crippen molar-refractivity contribution in [1.29, 1.82) is 0 Å². The predicted molar refractivity (Wildman–Crippen MR) is 97.9 cm³/mol. The molecule has 0 bridgehead atoms. The third-order valence-electron chi connectivity index (χ3n) is 5.44. The molecule has 2 aromatic heterocycles. The van der Waals surface area contributed by atoms with E-state index in [1.54, 1.807) is 12.1 Å². The summed E-state index contributed by atoms with van der Waals surface area (Å²) in [5, 5.41) is 5.29. The van der Waals surface area contributed by atoms with Gasteiger partial charge in [-0.25, -0.2) is 14.1 Å². The lowest BCUT2D eigenvalue weighted by Crippen LogP contribution is -2.41. The smallest absolute Gasteiger partial charge is 0.255 e. The second-order valence-corrected chi connectivity index (χ2v) is 7.47. The fourth-order valence-corrected chi connectivity index (χ4v) is 3.84. The fourth-order valence-electron chi connectivity index (χ4n) is 3.84. The molecule has 3 aromatic rings. The van der Waals surface area contributed by atoms with Crippen LogP contribution < -0.4 is 0 Å². The maximum Gasteiger partial charge on any atom is 0.255 e. The Morgan fingerprint density at radius 2 is 2.00 bits per heavy atom. The van der Waals surface area contributed by atoms with Crippen molar-refractivity contribution in [2.24, 2.45) is 0 Å². The largest absolute Gasteiger partial charge is 0.327 e. The highest BCUT2D eigenvalue weighted by Crippen LogP contribution is 2.39. The van der Waals surface area contributed by atoms with Gasteiger partial charge >= 0.3 is 0 Å². The topological polar surface area (TPSA) is 63.9 Å². The zero-order chi connectivity index (χ0) is 18.7. The van der Waals surface area contributed by atoms with Crippen LogP contribution in [0.4, 0.5) is 4.39 Å². The van der Waals surface area contributed by atoms with Gasteiger partial charge in [0.15, 0.2) is 5.82 Å². The van der Waals surface area contributed by atoms with E-state index in [4.69, 9.17) is 4.98 Å². The monoisotopic (exact) mass is 365 g/mol. The Kier molecular flexibility index (Phi) is 3.54. The predicted octanol–water partition coefficient (Wildman–Crippen LogP) is 3.37. The number of aryl methyl sites for hydroxylation is 1. The average molecular weight is 365 g/mol. The first-order valence-electron chi connectivity index (χ1n) is 9.34. The van der Waals surface area contributed by atoms with Crippen molar-refractivity contribution in [1.82, 2.24) is 24.6 Å². The van der Waals surface area contributed by atoms with Gasteiger partial charge in [-0.2, -0.15) is 5.10 Å². The van der Waals surface area contributed by atoms with Crippen LogP contribution in [-0.4, -0.2) is 37.1 Å². The van der Waals surface area contributed by atoms with Crippen LogP contribution in [0.3, 0.4) is 0 Å². The molecule has 1 saturated carbocycles. The third-order valence-corrected chi connectivity index (χ3v) is 5.44. The summed E-state index contributed by atoms with van der Waals surface area (Å²) in [5.74, 6) is 1.81. The molecule has 1 aliphatic carbocycles. The zero-order valence-corrected chi connectivity index (χ0v) is 15.3. The molecule has 5 rings (SSSR count). The van der Waals surface area contributed by atoms with Gasteiger partial charge in [0.1, 0.15) is 11.6 Å². The van der Waals surface area contributed by atoms with Gasteiger partial charge in [0.05, 0.1) is 23.7 Å². The molecule has 0 N–H and O–H groups in total. The van der Waals surface area contributed by atoms with Crippen LogP contribution >= 0.6 is 0 Å². The van der Waals surface area contributed by atoms with E-state index >= 15 is 0 Å². The summed E-state index contributed by atoms with van der Waals surface area (Å²) in [6.45, 7) is 5.02. The van der Waals surface area contributed by atoms with Crippen LogP contribution in [0.25, 0.3) is 10.9 Å². The van der Waals surface area contributed by atoms with Gasteiger partial charge in [-0.15, -0.1) is 0 Å². The van der Waals surface area contributed by atoms with Gasteiger partial charge in [0, 0.05) is 29.6 Å². The number of carbonyl (C=O) groups excluding carboxylic acids is 1. The summed E-state index contributed by atoms with van der Waals surface area (Å²) in [6, 6.07) is 6.00. The van der Waals surface area contributed by atoms with Gasteiger partial charge in [-0.05, 0) is 44.9 Å². The molecule has 1 amide bonds. The molecule has 2 aliphatic rings. The lowest BCUT2D eigenvalue weighted by Gasteiger charge is -2.33. The van der Waals surface area contributed by atoms with Crippen LogP contribution in [-0.2, 0) is 6.54 Å². The SMILES string of the molecule is Cc1cc(C(=O)N2CCn3nc(C4CC4)nc3[C@H]2C)c2ccc(F)cc2n1. The van der Waals surface area contributed by atoms with E-state index in [1.807, 2.05) is 23.4 Å². The minimum atomic E-state index is -0.356. The Hall–Kier alpha value is -2.83. The third kappa shape index (κ3) is 2.69. The summed E-state index contributed by atoms with van der Waals surface area (Å²) in [7, 11) is 0. The normalized spacial score (nSPS) is 19.4. The molecule has 7 heteroatoms. The quantitative estimate of drug-likeness (QED) is 0.698. The van der Waals surface area contributed by atoms with Gasteiger partial charge in [-0.3, -0.25) is 9.78 Å². The fraction of sp³-hybridized carbons (Fsp3) is 0.400. The van der Waals surface area contributed by atoms with E-state index in [-0.39, 0.29) is 17.8 Å². The van der Waals surface area contributed by atoms with Crippen molar-refractivity contribution < 1.29 is 9.18 Å². The first-order chi connectivity index (χ1) is 13.0. The van der Waals surface area contributed by atoms with Crippen LogP contribution in [0.1, 0.15) is 59.4 Å². The highest BCUT2D eigenvalue weighted by molar-refractivity contribution is 6.06. The van der Waals surface area contributed by atoms with E-state index in [9.17, 15) is 9.18 Å². The molecule has 0 spiro atoms. The summed E-state index contributed by atoms with van der Waals surface area (Å²) in [4.78, 5) is 24.3. The van der Waals surface area contributed by atoms with E-state index < -0.39 is 0 Å². The van der Waals surface area contributed by atoms with E-state index in [1.165, 1.54) is 12.1 Å². The van der Waals surface area contributed by atoms with Crippen LogP contribution in [0.15, 0.2) is 24.3 Å². The molecule has 1 aliphatic heterocycles. The molecule has 1 fully saturated rings. The van der Waals surface area contributed by atoms with Crippen LogP contribution in [0.5, 0.6) is 0 Å². The van der Waals surface area contributed by atoms with Crippen molar-refractivity contribution >= 4 is 16.8 Å². The number of nitrogens with zero attached hydrogens (tertiary/aromatic N) is 5. The van der Waals surface area contributed by atoms with E-state index in [2.05, 4.69) is 10.1 Å². The number of carbonyl (C=O) groups is 1. The maximum absolute atomic E-state index is 13.6. The Morgan fingerprint density at radius 1 is 1.19 bits per heavy atom. The van der Waals surface area contributed by atoms with Crippen molar-refractivity contribution in [3.63, 3.8) is 0 Å². The lowest BCUT2D eigenvalue weighted by molar-refractivity contribution is 0.0632. The molecule has 1 aromatic carbocycles.